The molecule has 2 aromatic rings. The molecule has 6 nitrogen and oxygen atoms in total. The monoisotopic (exact) mass is 317 g/mol. The highest BCUT2D eigenvalue weighted by molar-refractivity contribution is 6.34. The molecule has 2 aromatic carbocycles. The maximum atomic E-state index is 10.9. The molecule has 2 amide bonds. The van der Waals surface area contributed by atoms with Crippen LogP contribution in [-0.2, 0) is 9.59 Å². The first-order valence-corrected chi connectivity index (χ1v) is 6.59. The number of hydrogen-bond acceptors (Lipinski definition) is 4. The average molecular weight is 318 g/mol. The number of nitrogens with one attached hydrogen (secondary N) is 1. The molecule has 0 heterocycles. The van der Waals surface area contributed by atoms with Crippen LogP contribution in [0.3, 0.4) is 0 Å². The number of carbonyl (C=O) groups excluding carboxylic acids is 2. The van der Waals surface area contributed by atoms with Crippen LogP contribution >= 0.6 is 11.6 Å². The van der Waals surface area contributed by atoms with Gasteiger partial charge in [0.25, 0.3) is 0 Å². The number of halogens is 1. The zero-order valence-corrected chi connectivity index (χ0v) is 12.1. The molecule has 22 heavy (non-hydrogen) atoms. The summed E-state index contributed by atoms with van der Waals surface area (Å²) in [5.74, 6) is -0.852. The second kappa shape index (κ2) is 7.24. The third-order valence-corrected chi connectivity index (χ3v) is 2.76. The van der Waals surface area contributed by atoms with Crippen molar-refractivity contribution in [1.82, 2.24) is 5.43 Å². The van der Waals surface area contributed by atoms with E-state index in [-0.39, 0.29) is 0 Å². The Morgan fingerprint density at radius 1 is 1.14 bits per heavy atom. The summed E-state index contributed by atoms with van der Waals surface area (Å²) < 4.78 is 5.66. The van der Waals surface area contributed by atoms with E-state index in [0.717, 1.165) is 0 Å². The number of carbonyl (C=O) groups is 2. The summed E-state index contributed by atoms with van der Waals surface area (Å²) in [6.45, 7) is 0. The topological polar surface area (TPSA) is 93.8 Å². The van der Waals surface area contributed by atoms with Gasteiger partial charge in [-0.3, -0.25) is 9.59 Å². The zero-order chi connectivity index (χ0) is 15.9. The number of primary amides is 1. The van der Waals surface area contributed by atoms with Gasteiger partial charge < -0.3 is 10.5 Å². The Balaban J connectivity index is 2.03. The van der Waals surface area contributed by atoms with Crippen LogP contribution in [0.15, 0.2) is 53.6 Å². The number of rotatable bonds is 4. The minimum Gasteiger partial charge on any atom is -0.457 e. The number of ether oxygens (including phenoxy) is 1. The number of amides is 2. The Kier molecular flexibility index (Phi) is 5.11. The van der Waals surface area contributed by atoms with Crippen LogP contribution in [0.1, 0.15) is 5.56 Å². The van der Waals surface area contributed by atoms with Crippen LogP contribution in [-0.4, -0.2) is 18.0 Å². The van der Waals surface area contributed by atoms with E-state index in [1.807, 2.05) is 5.43 Å². The number of benzene rings is 2. The normalized spacial score (nSPS) is 10.4. The number of nitrogens with two attached hydrogens (primary N) is 1. The van der Waals surface area contributed by atoms with E-state index in [9.17, 15) is 9.59 Å². The zero-order valence-electron chi connectivity index (χ0n) is 11.3. The standard InChI is InChI=1S/C15H12ClN3O3/c16-11-4-6-12(7-5-11)22-13-3-1-2-10(8-13)9-18-19-15(21)14(17)20/h1-9H,(H2,17,20)(H,19,21)/b18-9+. The first kappa shape index (κ1) is 15.5. The van der Waals surface area contributed by atoms with Gasteiger partial charge in [-0.2, -0.15) is 5.10 Å². The Hall–Kier alpha value is -2.86. The quantitative estimate of drug-likeness (QED) is 0.513. The Morgan fingerprint density at radius 2 is 1.86 bits per heavy atom. The van der Waals surface area contributed by atoms with E-state index in [4.69, 9.17) is 22.1 Å². The molecule has 0 aliphatic rings. The van der Waals surface area contributed by atoms with Crippen molar-refractivity contribution in [2.75, 3.05) is 0 Å². The van der Waals surface area contributed by atoms with E-state index < -0.39 is 11.8 Å². The van der Waals surface area contributed by atoms with E-state index >= 15 is 0 Å². The molecule has 0 saturated carbocycles. The SMILES string of the molecule is NC(=O)C(=O)N/N=C/c1cccc(Oc2ccc(Cl)cc2)c1. The molecule has 0 fully saturated rings. The van der Waals surface area contributed by atoms with Crippen LogP contribution in [0.4, 0.5) is 0 Å². The fraction of sp³-hybridized carbons (Fsp3) is 0. The summed E-state index contributed by atoms with van der Waals surface area (Å²) in [5.41, 5.74) is 7.47. The molecule has 0 aliphatic carbocycles. The van der Waals surface area contributed by atoms with Crippen LogP contribution in [0.5, 0.6) is 11.5 Å². The van der Waals surface area contributed by atoms with E-state index in [1.165, 1.54) is 6.21 Å². The first-order chi connectivity index (χ1) is 10.5. The summed E-state index contributed by atoms with van der Waals surface area (Å²) in [5, 5.41) is 4.25. The van der Waals surface area contributed by atoms with Gasteiger partial charge in [0, 0.05) is 5.02 Å². The highest BCUT2D eigenvalue weighted by Gasteiger charge is 2.05. The Morgan fingerprint density at radius 3 is 2.55 bits per heavy atom. The van der Waals surface area contributed by atoms with Crippen LogP contribution in [0, 0.1) is 0 Å². The summed E-state index contributed by atoms with van der Waals surface area (Å²) in [4.78, 5) is 21.5. The fourth-order valence-corrected chi connectivity index (χ4v) is 1.64. The average Bonchev–Trinajstić information content (AvgIpc) is 2.50. The van der Waals surface area contributed by atoms with Crippen molar-refractivity contribution in [2.45, 2.75) is 0 Å². The van der Waals surface area contributed by atoms with Crippen LogP contribution in [0.2, 0.25) is 5.02 Å². The lowest BCUT2D eigenvalue weighted by molar-refractivity contribution is -0.137. The van der Waals surface area contributed by atoms with Crippen molar-refractivity contribution in [3.8, 4) is 11.5 Å². The molecule has 0 radical (unpaired) electrons. The highest BCUT2D eigenvalue weighted by Crippen LogP contribution is 2.23. The van der Waals surface area contributed by atoms with Crippen LogP contribution < -0.4 is 15.9 Å². The smallest absolute Gasteiger partial charge is 0.329 e. The number of hydrogen-bond donors (Lipinski definition) is 2. The van der Waals surface area contributed by atoms with E-state index in [1.54, 1.807) is 48.5 Å². The maximum Gasteiger partial charge on any atom is 0.329 e. The predicted molar refractivity (Wildman–Crippen MR) is 82.9 cm³/mol. The van der Waals surface area contributed by atoms with Gasteiger partial charge in [0.05, 0.1) is 6.21 Å². The fourth-order valence-electron chi connectivity index (χ4n) is 1.52. The first-order valence-electron chi connectivity index (χ1n) is 6.21. The molecular weight excluding hydrogens is 306 g/mol. The third-order valence-electron chi connectivity index (χ3n) is 2.51. The van der Waals surface area contributed by atoms with Gasteiger partial charge >= 0.3 is 11.8 Å². The van der Waals surface area contributed by atoms with Crippen molar-refractivity contribution in [3.05, 3.63) is 59.1 Å². The molecule has 0 saturated heterocycles. The van der Waals surface area contributed by atoms with Crippen molar-refractivity contribution in [2.24, 2.45) is 10.8 Å². The molecule has 2 rings (SSSR count). The summed E-state index contributed by atoms with van der Waals surface area (Å²) in [7, 11) is 0. The van der Waals surface area contributed by atoms with E-state index in [2.05, 4.69) is 5.10 Å². The summed E-state index contributed by atoms with van der Waals surface area (Å²) in [6, 6.07) is 14.0. The van der Waals surface area contributed by atoms with Gasteiger partial charge in [0.15, 0.2) is 0 Å². The molecule has 7 heteroatoms. The molecule has 3 N–H and O–H groups in total. The Labute approximate surface area is 131 Å². The number of hydrazone groups is 1. The van der Waals surface area contributed by atoms with Gasteiger partial charge in [-0.1, -0.05) is 23.7 Å². The van der Waals surface area contributed by atoms with Gasteiger partial charge in [-0.25, -0.2) is 5.43 Å². The van der Waals surface area contributed by atoms with Crippen LogP contribution in [0.25, 0.3) is 0 Å². The summed E-state index contributed by atoms with van der Waals surface area (Å²) in [6.07, 6.45) is 1.37. The lowest BCUT2D eigenvalue weighted by Crippen LogP contribution is -2.32. The second-order valence-corrected chi connectivity index (χ2v) is 4.63. The van der Waals surface area contributed by atoms with Crippen molar-refractivity contribution in [1.29, 1.82) is 0 Å². The molecule has 0 aromatic heterocycles. The highest BCUT2D eigenvalue weighted by atomic mass is 35.5. The lowest BCUT2D eigenvalue weighted by atomic mass is 10.2. The molecule has 0 atom stereocenters. The van der Waals surface area contributed by atoms with Crippen molar-refractivity contribution >= 4 is 29.6 Å². The molecule has 112 valence electrons. The lowest BCUT2D eigenvalue weighted by Gasteiger charge is -2.06. The molecule has 0 unspecified atom stereocenters. The van der Waals surface area contributed by atoms with Gasteiger partial charge in [0.2, 0.25) is 0 Å². The molecule has 0 spiro atoms. The van der Waals surface area contributed by atoms with Crippen molar-refractivity contribution in [3.63, 3.8) is 0 Å². The summed E-state index contributed by atoms with van der Waals surface area (Å²) >= 11 is 5.80. The largest absolute Gasteiger partial charge is 0.457 e. The van der Waals surface area contributed by atoms with E-state index in [0.29, 0.717) is 22.1 Å². The molecular formula is C15H12ClN3O3. The third kappa shape index (κ3) is 4.60. The minimum atomic E-state index is -1.10. The Bertz CT molecular complexity index is 714. The van der Waals surface area contributed by atoms with Gasteiger partial charge in [-0.15, -0.1) is 0 Å². The maximum absolute atomic E-state index is 10.9. The van der Waals surface area contributed by atoms with Crippen molar-refractivity contribution < 1.29 is 14.3 Å². The molecule has 0 bridgehead atoms. The second-order valence-electron chi connectivity index (χ2n) is 4.19. The van der Waals surface area contributed by atoms with Gasteiger partial charge in [0.1, 0.15) is 11.5 Å². The van der Waals surface area contributed by atoms with Gasteiger partial charge in [-0.05, 0) is 42.0 Å². The minimum absolute atomic E-state index is 0.590. The number of nitrogens with zero attached hydrogens (tertiary/aromatic N) is 1. The predicted octanol–water partition coefficient (Wildman–Crippen LogP) is 2.07. The molecule has 0 aliphatic heterocycles.